The zero-order valence-corrected chi connectivity index (χ0v) is 12.8. The van der Waals surface area contributed by atoms with Crippen LogP contribution in [0.1, 0.15) is 24.9 Å². The molecule has 0 amide bonds. The van der Waals surface area contributed by atoms with E-state index in [2.05, 4.69) is 29.3 Å². The second kappa shape index (κ2) is 7.62. The molecule has 0 radical (unpaired) electrons. The van der Waals surface area contributed by atoms with E-state index in [1.807, 2.05) is 12.1 Å². The van der Waals surface area contributed by atoms with E-state index in [1.165, 1.54) is 5.56 Å². The lowest BCUT2D eigenvalue weighted by Crippen LogP contribution is -2.34. The van der Waals surface area contributed by atoms with Crippen molar-refractivity contribution >= 4 is 0 Å². The molecule has 1 N–H and O–H groups in total. The van der Waals surface area contributed by atoms with Crippen LogP contribution in [0.5, 0.6) is 5.75 Å². The first-order chi connectivity index (χ1) is 9.76. The zero-order chi connectivity index (χ0) is 14.4. The summed E-state index contributed by atoms with van der Waals surface area (Å²) in [6, 6.07) is 8.72. The molecule has 0 aromatic heterocycles. The highest BCUT2D eigenvalue weighted by atomic mass is 16.5. The van der Waals surface area contributed by atoms with Gasteiger partial charge >= 0.3 is 0 Å². The van der Waals surface area contributed by atoms with Gasteiger partial charge in [-0.1, -0.05) is 19.1 Å². The van der Waals surface area contributed by atoms with Crippen molar-refractivity contribution in [1.82, 2.24) is 10.2 Å². The maximum atomic E-state index is 5.44. The van der Waals surface area contributed by atoms with Gasteiger partial charge in [0.2, 0.25) is 0 Å². The van der Waals surface area contributed by atoms with Crippen molar-refractivity contribution in [3.63, 3.8) is 0 Å². The highest BCUT2D eigenvalue weighted by molar-refractivity contribution is 5.29. The predicted molar refractivity (Wildman–Crippen MR) is 81.3 cm³/mol. The summed E-state index contributed by atoms with van der Waals surface area (Å²) in [7, 11) is 3.51. The van der Waals surface area contributed by atoms with Crippen molar-refractivity contribution in [1.29, 1.82) is 0 Å². The Morgan fingerprint density at radius 2 is 2.05 bits per heavy atom. The molecule has 1 aromatic rings. The van der Waals surface area contributed by atoms with E-state index in [0.29, 0.717) is 12.1 Å². The van der Waals surface area contributed by atoms with Crippen molar-refractivity contribution in [3.8, 4) is 5.75 Å². The van der Waals surface area contributed by atoms with Gasteiger partial charge in [0.25, 0.3) is 0 Å². The minimum atomic E-state index is 0.363. The van der Waals surface area contributed by atoms with E-state index < -0.39 is 0 Å². The fourth-order valence-electron chi connectivity index (χ4n) is 2.78. The number of nitrogens with one attached hydrogen (secondary N) is 1. The van der Waals surface area contributed by atoms with Gasteiger partial charge in [-0.2, -0.15) is 0 Å². The van der Waals surface area contributed by atoms with Crippen molar-refractivity contribution < 1.29 is 9.47 Å². The Bertz CT molecular complexity index is 394. The normalized spacial score (nSPS) is 21.1. The zero-order valence-electron chi connectivity index (χ0n) is 12.8. The third kappa shape index (κ3) is 3.95. The van der Waals surface area contributed by atoms with Gasteiger partial charge in [-0.25, -0.2) is 0 Å². The smallest absolute Gasteiger partial charge is 0.118 e. The number of hydrogen-bond donors (Lipinski definition) is 1. The number of hydrogen-bond acceptors (Lipinski definition) is 4. The lowest BCUT2D eigenvalue weighted by atomic mass is 10.1. The molecule has 1 fully saturated rings. The summed E-state index contributed by atoms with van der Waals surface area (Å²) in [4.78, 5) is 2.48. The number of rotatable bonds is 7. The van der Waals surface area contributed by atoms with Crippen molar-refractivity contribution in [2.45, 2.75) is 25.5 Å². The Morgan fingerprint density at radius 3 is 2.60 bits per heavy atom. The molecule has 1 saturated heterocycles. The Labute approximate surface area is 122 Å². The van der Waals surface area contributed by atoms with Crippen molar-refractivity contribution in [3.05, 3.63) is 29.8 Å². The quantitative estimate of drug-likeness (QED) is 0.828. The van der Waals surface area contributed by atoms with Gasteiger partial charge in [-0.15, -0.1) is 0 Å². The molecule has 20 heavy (non-hydrogen) atoms. The van der Waals surface area contributed by atoms with Crippen LogP contribution in [0, 0.1) is 0 Å². The summed E-state index contributed by atoms with van der Waals surface area (Å²) in [6.45, 7) is 6.31. The Balaban J connectivity index is 1.98. The van der Waals surface area contributed by atoms with Gasteiger partial charge in [0.05, 0.1) is 13.2 Å². The molecular formula is C16H26N2O2. The molecule has 4 nitrogen and oxygen atoms in total. The van der Waals surface area contributed by atoms with E-state index >= 15 is 0 Å². The van der Waals surface area contributed by atoms with Crippen LogP contribution in [-0.2, 0) is 4.74 Å². The maximum Gasteiger partial charge on any atom is 0.118 e. The molecule has 0 saturated carbocycles. The van der Waals surface area contributed by atoms with Gasteiger partial charge in [-0.3, -0.25) is 4.90 Å². The van der Waals surface area contributed by atoms with Gasteiger partial charge in [-0.05, 0) is 30.7 Å². The Kier molecular flexibility index (Phi) is 5.83. The van der Waals surface area contributed by atoms with Crippen LogP contribution in [-0.4, -0.2) is 51.4 Å². The largest absolute Gasteiger partial charge is 0.497 e. The summed E-state index contributed by atoms with van der Waals surface area (Å²) in [5.74, 6) is 0.907. The first-order valence-electron chi connectivity index (χ1n) is 7.39. The monoisotopic (exact) mass is 278 g/mol. The van der Waals surface area contributed by atoms with Crippen molar-refractivity contribution in [2.75, 3.05) is 40.4 Å². The number of methoxy groups -OCH3 is 2. The fourth-order valence-corrected chi connectivity index (χ4v) is 2.78. The molecule has 112 valence electrons. The van der Waals surface area contributed by atoms with Gasteiger partial charge in [0.15, 0.2) is 0 Å². The van der Waals surface area contributed by atoms with Crippen LogP contribution >= 0.6 is 0 Å². The number of likely N-dealkylation sites (N-methyl/N-ethyl adjacent to an activating group) is 1. The second-order valence-corrected chi connectivity index (χ2v) is 5.29. The summed E-state index contributed by atoms with van der Waals surface area (Å²) in [6.07, 6.45) is 1.53. The maximum absolute atomic E-state index is 5.44. The molecule has 0 spiro atoms. The van der Waals surface area contributed by atoms with E-state index in [-0.39, 0.29) is 0 Å². The van der Waals surface area contributed by atoms with Crippen LogP contribution in [0.15, 0.2) is 24.3 Å². The number of benzene rings is 1. The van der Waals surface area contributed by atoms with Gasteiger partial charge < -0.3 is 14.8 Å². The van der Waals surface area contributed by atoms with Gasteiger partial charge in [0.1, 0.15) is 5.75 Å². The summed E-state index contributed by atoms with van der Waals surface area (Å²) in [5, 5.41) is 3.57. The molecule has 0 aliphatic carbocycles. The first kappa shape index (κ1) is 15.3. The van der Waals surface area contributed by atoms with E-state index in [0.717, 1.165) is 38.3 Å². The average molecular weight is 278 g/mol. The molecular weight excluding hydrogens is 252 g/mol. The molecule has 1 heterocycles. The second-order valence-electron chi connectivity index (χ2n) is 5.29. The topological polar surface area (TPSA) is 33.7 Å². The molecule has 4 heteroatoms. The summed E-state index contributed by atoms with van der Waals surface area (Å²) >= 11 is 0. The SMILES string of the molecule is CCNC(CN1CCC(OC)C1)c1ccc(OC)cc1. The molecule has 2 unspecified atom stereocenters. The molecule has 2 rings (SSSR count). The third-order valence-electron chi connectivity index (χ3n) is 3.97. The minimum Gasteiger partial charge on any atom is -0.497 e. The van der Waals surface area contributed by atoms with E-state index in [4.69, 9.17) is 9.47 Å². The first-order valence-corrected chi connectivity index (χ1v) is 7.39. The molecule has 1 aromatic carbocycles. The van der Waals surface area contributed by atoms with Crippen LogP contribution in [0.4, 0.5) is 0 Å². The van der Waals surface area contributed by atoms with Crippen LogP contribution < -0.4 is 10.1 Å². The molecule has 0 bridgehead atoms. The van der Waals surface area contributed by atoms with Crippen LogP contribution in [0.25, 0.3) is 0 Å². The predicted octanol–water partition coefficient (Wildman–Crippen LogP) is 2.07. The van der Waals surface area contributed by atoms with E-state index in [1.54, 1.807) is 14.2 Å². The standard InChI is InChI=1S/C16H26N2O2/c1-4-17-16(12-18-10-9-15(11-18)20-3)13-5-7-14(19-2)8-6-13/h5-8,15-17H,4,9-12H2,1-3H3. The number of nitrogens with zero attached hydrogens (tertiary/aromatic N) is 1. The Hall–Kier alpha value is -1.10. The molecule has 2 atom stereocenters. The summed E-state index contributed by atoms with van der Waals surface area (Å²) < 4.78 is 10.7. The number of likely N-dealkylation sites (tertiary alicyclic amines) is 1. The molecule has 1 aliphatic rings. The summed E-state index contributed by atoms with van der Waals surface area (Å²) in [5.41, 5.74) is 1.31. The van der Waals surface area contributed by atoms with Crippen molar-refractivity contribution in [2.24, 2.45) is 0 Å². The highest BCUT2D eigenvalue weighted by Gasteiger charge is 2.24. The lowest BCUT2D eigenvalue weighted by Gasteiger charge is -2.25. The Morgan fingerprint density at radius 1 is 1.30 bits per heavy atom. The average Bonchev–Trinajstić information content (AvgIpc) is 2.95. The van der Waals surface area contributed by atoms with Crippen LogP contribution in [0.3, 0.4) is 0 Å². The molecule has 1 aliphatic heterocycles. The van der Waals surface area contributed by atoms with Crippen LogP contribution in [0.2, 0.25) is 0 Å². The number of ether oxygens (including phenoxy) is 2. The fraction of sp³-hybridized carbons (Fsp3) is 0.625. The third-order valence-corrected chi connectivity index (χ3v) is 3.97. The van der Waals surface area contributed by atoms with E-state index in [9.17, 15) is 0 Å². The highest BCUT2D eigenvalue weighted by Crippen LogP contribution is 2.21. The lowest BCUT2D eigenvalue weighted by molar-refractivity contribution is 0.106. The van der Waals surface area contributed by atoms with Gasteiger partial charge in [0, 0.05) is 32.8 Å². The minimum absolute atomic E-state index is 0.363.